The summed E-state index contributed by atoms with van der Waals surface area (Å²) in [5.41, 5.74) is 6.58. The summed E-state index contributed by atoms with van der Waals surface area (Å²) in [5.74, 6) is 0.376. The summed E-state index contributed by atoms with van der Waals surface area (Å²) in [7, 11) is 0. The Morgan fingerprint density at radius 2 is 2.20 bits per heavy atom. The Bertz CT molecular complexity index is 445. The van der Waals surface area contributed by atoms with Crippen LogP contribution in [0.5, 0.6) is 0 Å². The van der Waals surface area contributed by atoms with Gasteiger partial charge < -0.3 is 15.8 Å². The van der Waals surface area contributed by atoms with Crippen LogP contribution in [0.3, 0.4) is 0 Å². The van der Waals surface area contributed by atoms with Crippen molar-refractivity contribution in [2.24, 2.45) is 5.92 Å². The second kappa shape index (κ2) is 8.42. The number of thioether (sulfide) groups is 1. The third-order valence-corrected chi connectivity index (χ3v) is 4.91. The summed E-state index contributed by atoms with van der Waals surface area (Å²) in [5, 5.41) is 4.36. The standard InChI is InChI=1S/C14H24N2O2S2/c1-5-18-14(17)12-10(15)11(19-4)13(20-12)16-8-6-7-9(2)3/h9,16H,5-8,15H2,1-4H3. The SMILES string of the molecule is CCOC(=O)c1sc(NCCCC(C)C)c(SC)c1N. The number of hydrogen-bond donors (Lipinski definition) is 2. The number of carbonyl (C=O) groups excluding carboxylic acids is 1. The quantitative estimate of drug-likeness (QED) is 0.430. The molecule has 1 aromatic heterocycles. The van der Waals surface area contributed by atoms with Crippen LogP contribution in [0, 0.1) is 5.92 Å². The van der Waals surface area contributed by atoms with E-state index in [0.29, 0.717) is 23.1 Å². The Morgan fingerprint density at radius 3 is 2.75 bits per heavy atom. The molecule has 1 heterocycles. The van der Waals surface area contributed by atoms with Gasteiger partial charge in [-0.1, -0.05) is 13.8 Å². The lowest BCUT2D eigenvalue weighted by Crippen LogP contribution is -2.04. The van der Waals surface area contributed by atoms with Gasteiger partial charge in [0.2, 0.25) is 0 Å². The molecule has 20 heavy (non-hydrogen) atoms. The van der Waals surface area contributed by atoms with Gasteiger partial charge in [0.05, 0.1) is 17.2 Å². The number of carbonyl (C=O) groups is 1. The fourth-order valence-electron chi connectivity index (χ4n) is 1.81. The van der Waals surface area contributed by atoms with Crippen LogP contribution in [0.4, 0.5) is 10.7 Å². The molecule has 0 aliphatic rings. The van der Waals surface area contributed by atoms with E-state index in [1.807, 2.05) is 6.26 Å². The maximum atomic E-state index is 11.8. The summed E-state index contributed by atoms with van der Waals surface area (Å²) in [6.45, 7) is 7.49. The number of esters is 1. The van der Waals surface area contributed by atoms with Gasteiger partial charge in [-0.25, -0.2) is 4.79 Å². The first-order valence-corrected chi connectivity index (χ1v) is 8.92. The van der Waals surface area contributed by atoms with E-state index in [2.05, 4.69) is 19.2 Å². The molecule has 0 aromatic carbocycles. The van der Waals surface area contributed by atoms with Crippen LogP contribution in [-0.4, -0.2) is 25.4 Å². The van der Waals surface area contributed by atoms with Crippen LogP contribution < -0.4 is 11.1 Å². The Morgan fingerprint density at radius 1 is 1.50 bits per heavy atom. The van der Waals surface area contributed by atoms with Gasteiger partial charge in [-0.3, -0.25) is 0 Å². The number of thiophene rings is 1. The van der Waals surface area contributed by atoms with Gasteiger partial charge in [0, 0.05) is 6.54 Å². The zero-order chi connectivity index (χ0) is 15.1. The van der Waals surface area contributed by atoms with E-state index in [9.17, 15) is 4.79 Å². The Kier molecular flexibility index (Phi) is 7.23. The second-order valence-electron chi connectivity index (χ2n) is 4.89. The number of ether oxygens (including phenoxy) is 1. The Balaban J connectivity index is 2.75. The van der Waals surface area contributed by atoms with Crippen molar-refractivity contribution in [2.45, 2.75) is 38.5 Å². The van der Waals surface area contributed by atoms with E-state index in [1.54, 1.807) is 18.7 Å². The molecule has 0 atom stereocenters. The second-order valence-corrected chi connectivity index (χ2v) is 6.73. The van der Waals surface area contributed by atoms with Gasteiger partial charge in [-0.2, -0.15) is 0 Å². The van der Waals surface area contributed by atoms with Gasteiger partial charge in [0.15, 0.2) is 0 Å². The van der Waals surface area contributed by atoms with Gasteiger partial charge in [-0.15, -0.1) is 23.1 Å². The molecule has 1 aromatic rings. The van der Waals surface area contributed by atoms with Crippen molar-refractivity contribution in [1.29, 1.82) is 0 Å². The zero-order valence-corrected chi connectivity index (χ0v) is 14.2. The lowest BCUT2D eigenvalue weighted by molar-refractivity contribution is 0.0533. The highest BCUT2D eigenvalue weighted by atomic mass is 32.2. The first kappa shape index (κ1) is 17.2. The van der Waals surface area contributed by atoms with Gasteiger partial charge in [-0.05, 0) is 31.9 Å². The Labute approximate surface area is 129 Å². The molecule has 6 heteroatoms. The first-order chi connectivity index (χ1) is 9.51. The molecule has 114 valence electrons. The molecule has 0 aliphatic heterocycles. The molecule has 1 rings (SSSR count). The van der Waals surface area contributed by atoms with Gasteiger partial charge in [0.1, 0.15) is 9.88 Å². The molecule has 3 N–H and O–H groups in total. The number of nitrogens with one attached hydrogen (secondary N) is 1. The van der Waals surface area contributed by atoms with Crippen molar-refractivity contribution in [3.8, 4) is 0 Å². The molecule has 4 nitrogen and oxygen atoms in total. The first-order valence-electron chi connectivity index (χ1n) is 6.88. The van der Waals surface area contributed by atoms with E-state index < -0.39 is 0 Å². The van der Waals surface area contributed by atoms with Crippen LogP contribution >= 0.6 is 23.1 Å². The number of anilines is 2. The fraction of sp³-hybridized carbons (Fsp3) is 0.643. The van der Waals surface area contributed by atoms with Gasteiger partial charge in [0.25, 0.3) is 0 Å². The number of rotatable bonds is 8. The topological polar surface area (TPSA) is 64.3 Å². The average molecular weight is 316 g/mol. The van der Waals surface area contributed by atoms with Crippen LogP contribution in [0.25, 0.3) is 0 Å². The molecule has 0 aliphatic carbocycles. The van der Waals surface area contributed by atoms with Crippen molar-refractivity contribution in [3.63, 3.8) is 0 Å². The van der Waals surface area contributed by atoms with Crippen molar-refractivity contribution in [3.05, 3.63) is 4.88 Å². The Hall–Kier alpha value is -0.880. The molecule has 0 radical (unpaired) electrons. The molecule has 0 bridgehead atoms. The minimum Gasteiger partial charge on any atom is -0.462 e. The summed E-state index contributed by atoms with van der Waals surface area (Å²) >= 11 is 2.94. The molecular weight excluding hydrogens is 292 g/mol. The lowest BCUT2D eigenvalue weighted by atomic mass is 10.1. The molecule has 0 amide bonds. The zero-order valence-electron chi connectivity index (χ0n) is 12.6. The highest BCUT2D eigenvalue weighted by Gasteiger charge is 2.21. The van der Waals surface area contributed by atoms with Crippen LogP contribution in [0.1, 0.15) is 43.3 Å². The summed E-state index contributed by atoms with van der Waals surface area (Å²) in [4.78, 5) is 13.3. The third-order valence-electron chi connectivity index (χ3n) is 2.81. The van der Waals surface area contributed by atoms with Crippen molar-refractivity contribution < 1.29 is 9.53 Å². The minimum absolute atomic E-state index is 0.333. The number of nitrogen functional groups attached to an aromatic ring is 1. The largest absolute Gasteiger partial charge is 0.462 e. The molecule has 0 saturated heterocycles. The molecule has 0 saturated carbocycles. The molecular formula is C14H24N2O2S2. The highest BCUT2D eigenvalue weighted by Crippen LogP contribution is 2.41. The normalized spacial score (nSPS) is 10.8. The molecule has 0 unspecified atom stereocenters. The monoisotopic (exact) mass is 316 g/mol. The highest BCUT2D eigenvalue weighted by molar-refractivity contribution is 7.99. The molecule has 0 fully saturated rings. The van der Waals surface area contributed by atoms with E-state index in [0.717, 1.165) is 22.9 Å². The summed E-state index contributed by atoms with van der Waals surface area (Å²) < 4.78 is 5.03. The third kappa shape index (κ3) is 4.59. The van der Waals surface area contributed by atoms with Crippen molar-refractivity contribution >= 4 is 39.8 Å². The van der Waals surface area contributed by atoms with Crippen LogP contribution in [-0.2, 0) is 4.74 Å². The van der Waals surface area contributed by atoms with Crippen molar-refractivity contribution in [2.75, 3.05) is 30.5 Å². The van der Waals surface area contributed by atoms with E-state index in [-0.39, 0.29) is 5.97 Å². The average Bonchev–Trinajstić information content (AvgIpc) is 2.71. The predicted octanol–water partition coefficient (Wildman–Crippen LogP) is 4.08. The van der Waals surface area contributed by atoms with Gasteiger partial charge >= 0.3 is 5.97 Å². The van der Waals surface area contributed by atoms with Crippen LogP contribution in [0.2, 0.25) is 0 Å². The lowest BCUT2D eigenvalue weighted by Gasteiger charge is -2.07. The maximum absolute atomic E-state index is 11.8. The summed E-state index contributed by atoms with van der Waals surface area (Å²) in [6, 6.07) is 0. The molecule has 0 spiro atoms. The van der Waals surface area contributed by atoms with E-state index >= 15 is 0 Å². The van der Waals surface area contributed by atoms with E-state index in [1.165, 1.54) is 17.8 Å². The summed E-state index contributed by atoms with van der Waals surface area (Å²) in [6.07, 6.45) is 4.26. The number of nitrogens with two attached hydrogens (primary N) is 1. The van der Waals surface area contributed by atoms with E-state index in [4.69, 9.17) is 10.5 Å². The maximum Gasteiger partial charge on any atom is 0.350 e. The van der Waals surface area contributed by atoms with Crippen LogP contribution in [0.15, 0.2) is 4.90 Å². The predicted molar refractivity (Wildman–Crippen MR) is 89.0 cm³/mol. The van der Waals surface area contributed by atoms with Crippen molar-refractivity contribution in [1.82, 2.24) is 0 Å². The fourth-order valence-corrected chi connectivity index (χ4v) is 3.76. The minimum atomic E-state index is -0.333. The smallest absolute Gasteiger partial charge is 0.350 e. The number of hydrogen-bond acceptors (Lipinski definition) is 6.